The third-order valence-electron chi connectivity index (χ3n) is 6.35. The number of carboxylic acid groups (broad SMARTS) is 1. The maximum absolute atomic E-state index is 13.8. The molecule has 1 saturated heterocycles. The van der Waals surface area contributed by atoms with Crippen LogP contribution in [-0.2, 0) is 9.59 Å². The number of nitrogens with zero attached hydrogens (tertiary/aromatic N) is 4. The fourth-order valence-electron chi connectivity index (χ4n) is 4.48. The quantitative estimate of drug-likeness (QED) is 0.239. The van der Waals surface area contributed by atoms with E-state index in [-0.39, 0.29) is 35.1 Å². The zero-order valence-corrected chi connectivity index (χ0v) is 21.9. The third kappa shape index (κ3) is 6.24. The molecule has 0 bridgehead atoms. The number of carbonyl (C=O) groups excluding carboxylic acids is 3. The number of non-ortho nitro benzene ring substituents is 1. The molecule has 2 atom stereocenters. The number of amides is 3. The molecule has 1 fully saturated rings. The number of halogens is 1. The average Bonchev–Trinajstić information content (AvgIpc) is 3.37. The molecule has 13 heteroatoms. The minimum Gasteiger partial charge on any atom is -0.481 e. The summed E-state index contributed by atoms with van der Waals surface area (Å²) >= 11 is 5.85. The minimum atomic E-state index is -1.44. The lowest BCUT2D eigenvalue weighted by Crippen LogP contribution is -2.54. The average molecular weight is 566 g/mol. The predicted octanol–water partition coefficient (Wildman–Crippen LogP) is 3.21. The van der Waals surface area contributed by atoms with E-state index >= 15 is 0 Å². The first-order chi connectivity index (χ1) is 19.0. The number of benzene rings is 2. The largest absolute Gasteiger partial charge is 0.481 e. The molecule has 3 aromatic rings. The van der Waals surface area contributed by atoms with Gasteiger partial charge in [0.1, 0.15) is 5.15 Å². The normalized spacial score (nSPS) is 15.4. The highest BCUT2D eigenvalue weighted by molar-refractivity contribution is 6.29. The zero-order valence-electron chi connectivity index (χ0n) is 21.2. The zero-order chi connectivity index (χ0) is 29.0. The first-order valence-electron chi connectivity index (χ1n) is 12.1. The van der Waals surface area contributed by atoms with Crippen LogP contribution in [0.1, 0.15) is 44.3 Å². The van der Waals surface area contributed by atoms with Gasteiger partial charge in [-0.05, 0) is 36.8 Å². The molecule has 12 nitrogen and oxygen atoms in total. The fourth-order valence-corrected chi connectivity index (χ4v) is 4.59. The van der Waals surface area contributed by atoms with Crippen molar-refractivity contribution in [3.63, 3.8) is 0 Å². The van der Waals surface area contributed by atoms with E-state index in [1.54, 1.807) is 18.2 Å². The number of nitrogens with one attached hydrogen (secondary N) is 1. The number of hydrogen-bond acceptors (Lipinski definition) is 7. The summed E-state index contributed by atoms with van der Waals surface area (Å²) in [5, 5.41) is 23.5. The van der Waals surface area contributed by atoms with Gasteiger partial charge in [-0.1, -0.05) is 41.4 Å². The van der Waals surface area contributed by atoms with Gasteiger partial charge in [0, 0.05) is 37.0 Å². The van der Waals surface area contributed by atoms with Crippen LogP contribution < -0.4 is 5.32 Å². The highest BCUT2D eigenvalue weighted by Crippen LogP contribution is 2.26. The Kier molecular flexibility index (Phi) is 8.39. The van der Waals surface area contributed by atoms with E-state index in [0.717, 1.165) is 5.56 Å². The van der Waals surface area contributed by atoms with Gasteiger partial charge in [-0.3, -0.25) is 29.3 Å². The van der Waals surface area contributed by atoms with Gasteiger partial charge in [0.05, 0.1) is 22.9 Å². The fraction of sp³-hybridized carbons (Fsp3) is 0.222. The van der Waals surface area contributed by atoms with Gasteiger partial charge in [-0.2, -0.15) is 0 Å². The van der Waals surface area contributed by atoms with Crippen molar-refractivity contribution >= 4 is 41.0 Å². The van der Waals surface area contributed by atoms with Crippen molar-refractivity contribution in [2.24, 2.45) is 0 Å². The molecule has 4 rings (SSSR count). The lowest BCUT2D eigenvalue weighted by atomic mass is 10.0. The van der Waals surface area contributed by atoms with Crippen molar-refractivity contribution in [2.45, 2.75) is 25.6 Å². The Morgan fingerprint density at radius 1 is 1.05 bits per heavy atom. The monoisotopic (exact) mass is 565 g/mol. The van der Waals surface area contributed by atoms with Gasteiger partial charge < -0.3 is 20.2 Å². The van der Waals surface area contributed by atoms with E-state index in [1.807, 2.05) is 13.0 Å². The molecule has 0 saturated carbocycles. The summed E-state index contributed by atoms with van der Waals surface area (Å²) in [6.45, 7) is 1.85. The topological polar surface area (TPSA) is 163 Å². The Labute approximate surface area is 233 Å². The second-order valence-corrected chi connectivity index (χ2v) is 9.51. The highest BCUT2D eigenvalue weighted by Gasteiger charge is 2.44. The lowest BCUT2D eigenvalue weighted by molar-refractivity contribution is -0.384. The number of nitro benzene ring substituents is 1. The summed E-state index contributed by atoms with van der Waals surface area (Å²) in [6.07, 6.45) is -0.784. The molecule has 2 heterocycles. The molecule has 206 valence electrons. The van der Waals surface area contributed by atoms with Crippen LogP contribution in [0.15, 0.2) is 66.9 Å². The molecule has 3 amide bonds. The maximum Gasteiger partial charge on any atom is 0.305 e. The second kappa shape index (κ2) is 11.9. The minimum absolute atomic E-state index is 0.0114. The number of pyridine rings is 1. The number of aromatic nitrogens is 1. The van der Waals surface area contributed by atoms with Gasteiger partial charge in [0.25, 0.3) is 23.4 Å². The first kappa shape index (κ1) is 28.2. The first-order valence-corrected chi connectivity index (χ1v) is 12.5. The van der Waals surface area contributed by atoms with E-state index in [0.29, 0.717) is 5.56 Å². The van der Waals surface area contributed by atoms with Crippen LogP contribution in [0.5, 0.6) is 0 Å². The number of aryl methyl sites for hydroxylation is 1. The molecule has 0 spiro atoms. The predicted molar refractivity (Wildman–Crippen MR) is 143 cm³/mol. The van der Waals surface area contributed by atoms with Crippen LogP contribution in [0.2, 0.25) is 5.15 Å². The summed E-state index contributed by atoms with van der Waals surface area (Å²) in [7, 11) is 0. The van der Waals surface area contributed by atoms with E-state index in [9.17, 15) is 34.4 Å². The summed E-state index contributed by atoms with van der Waals surface area (Å²) in [4.78, 5) is 69.4. The summed E-state index contributed by atoms with van der Waals surface area (Å²) in [6, 6.07) is 13.7. The molecular weight excluding hydrogens is 542 g/mol. The number of hydrogen-bond donors (Lipinski definition) is 2. The Balaban J connectivity index is 1.70. The maximum atomic E-state index is 13.8. The molecule has 1 aromatic heterocycles. The molecular formula is C27H24ClN5O7. The van der Waals surface area contributed by atoms with Crippen molar-refractivity contribution in [1.29, 1.82) is 0 Å². The molecule has 0 aliphatic carbocycles. The van der Waals surface area contributed by atoms with Gasteiger partial charge in [0.15, 0.2) is 6.17 Å². The van der Waals surface area contributed by atoms with Gasteiger partial charge >= 0.3 is 5.97 Å². The van der Waals surface area contributed by atoms with Crippen LogP contribution in [-0.4, -0.2) is 67.8 Å². The van der Waals surface area contributed by atoms with Crippen LogP contribution in [0.4, 0.5) is 5.69 Å². The summed E-state index contributed by atoms with van der Waals surface area (Å²) in [5.74, 6) is -3.19. The molecule has 40 heavy (non-hydrogen) atoms. The summed E-state index contributed by atoms with van der Waals surface area (Å²) < 4.78 is 0. The number of carbonyl (C=O) groups is 4. The standard InChI is InChI=1S/C27H24ClN5O7/c1-16-4-2-6-18(12-16)26(37)31-10-11-32(27(38)19-8-9-22(28)29-15-19)25(31)24(36)30-21(14-23(34)35)17-5-3-7-20(13-17)33(39)40/h2-9,12-13,15,21,25H,10-11,14H2,1H3,(H,30,36)(H,34,35). The van der Waals surface area contributed by atoms with E-state index in [2.05, 4.69) is 10.3 Å². The van der Waals surface area contributed by atoms with Crippen molar-refractivity contribution in [1.82, 2.24) is 20.1 Å². The van der Waals surface area contributed by atoms with Crippen LogP contribution in [0.25, 0.3) is 0 Å². The molecule has 1 aliphatic rings. The lowest BCUT2D eigenvalue weighted by Gasteiger charge is -2.31. The van der Waals surface area contributed by atoms with Gasteiger partial charge in [-0.15, -0.1) is 0 Å². The van der Waals surface area contributed by atoms with Crippen molar-refractivity contribution in [3.8, 4) is 0 Å². The van der Waals surface area contributed by atoms with Crippen LogP contribution in [0.3, 0.4) is 0 Å². The van der Waals surface area contributed by atoms with E-state index in [1.165, 1.54) is 52.4 Å². The highest BCUT2D eigenvalue weighted by atomic mass is 35.5. The third-order valence-corrected chi connectivity index (χ3v) is 6.57. The number of carboxylic acids is 1. The molecule has 2 unspecified atom stereocenters. The smallest absolute Gasteiger partial charge is 0.305 e. The number of nitro groups is 1. The van der Waals surface area contributed by atoms with E-state index < -0.39 is 47.2 Å². The summed E-state index contributed by atoms with van der Waals surface area (Å²) in [5.41, 5.74) is 1.15. The Bertz CT molecular complexity index is 1480. The van der Waals surface area contributed by atoms with Gasteiger partial charge in [0.2, 0.25) is 0 Å². The second-order valence-electron chi connectivity index (χ2n) is 9.12. The van der Waals surface area contributed by atoms with Crippen molar-refractivity contribution < 1.29 is 29.2 Å². The SMILES string of the molecule is Cc1cccc(C(=O)N2CCN(C(=O)c3ccc(Cl)nc3)C2C(=O)NC(CC(=O)O)c2cccc([N+](=O)[O-])c2)c1. The molecule has 2 N–H and O–H groups in total. The molecule has 0 radical (unpaired) electrons. The molecule has 1 aliphatic heterocycles. The van der Waals surface area contributed by atoms with Crippen molar-refractivity contribution in [3.05, 3.63) is 104 Å². The number of rotatable bonds is 8. The Morgan fingerprint density at radius 2 is 1.73 bits per heavy atom. The Morgan fingerprint density at radius 3 is 2.33 bits per heavy atom. The van der Waals surface area contributed by atoms with Gasteiger partial charge in [-0.25, -0.2) is 4.98 Å². The van der Waals surface area contributed by atoms with Crippen LogP contribution >= 0.6 is 11.6 Å². The van der Waals surface area contributed by atoms with E-state index in [4.69, 9.17) is 11.6 Å². The Hall–Kier alpha value is -4.84. The molecule has 2 aromatic carbocycles. The van der Waals surface area contributed by atoms with Crippen molar-refractivity contribution in [2.75, 3.05) is 13.1 Å². The number of aliphatic carboxylic acids is 1. The van der Waals surface area contributed by atoms with Crippen LogP contribution in [0, 0.1) is 17.0 Å².